The van der Waals surface area contributed by atoms with E-state index in [4.69, 9.17) is 25.5 Å². The van der Waals surface area contributed by atoms with Crippen molar-refractivity contribution in [1.29, 1.82) is 0 Å². The molecule has 0 radical (unpaired) electrons. The van der Waals surface area contributed by atoms with Crippen molar-refractivity contribution in [3.8, 4) is 5.69 Å². The van der Waals surface area contributed by atoms with Crippen LogP contribution in [0.25, 0.3) is 5.69 Å². The van der Waals surface area contributed by atoms with E-state index in [2.05, 4.69) is 15.1 Å². The van der Waals surface area contributed by atoms with Crippen molar-refractivity contribution < 1.29 is 46.1 Å². The van der Waals surface area contributed by atoms with Crippen LogP contribution in [0.3, 0.4) is 0 Å². The van der Waals surface area contributed by atoms with Gasteiger partial charge < -0.3 is 15.9 Å². The average Bonchev–Trinajstić information content (AvgIpc) is 3.13. The SMILES string of the molecule is NC1(c2ccc(-n3cncn3)cn2)CC1.O=C(O)C(F)(F)F.O=C(O)C(F)(F)F. The lowest BCUT2D eigenvalue weighted by Gasteiger charge is -2.08. The Balaban J connectivity index is 0.000000255. The number of carboxylic acids is 2. The zero-order chi connectivity index (χ0) is 22.5. The van der Waals surface area contributed by atoms with Gasteiger partial charge in [-0.25, -0.2) is 19.3 Å². The minimum atomic E-state index is -5.08. The van der Waals surface area contributed by atoms with Crippen molar-refractivity contribution in [2.75, 3.05) is 0 Å². The maximum absolute atomic E-state index is 10.6. The second-order valence-corrected chi connectivity index (χ2v) is 5.50. The molecule has 2 heterocycles. The van der Waals surface area contributed by atoms with Crippen LogP contribution >= 0.6 is 0 Å². The second kappa shape index (κ2) is 8.85. The second-order valence-electron chi connectivity index (χ2n) is 5.50. The van der Waals surface area contributed by atoms with Gasteiger partial charge >= 0.3 is 24.3 Å². The van der Waals surface area contributed by atoms with Gasteiger partial charge in [0.05, 0.1) is 23.1 Å². The molecule has 1 aliphatic rings. The maximum Gasteiger partial charge on any atom is 0.490 e. The van der Waals surface area contributed by atoms with E-state index in [1.165, 1.54) is 6.33 Å². The van der Waals surface area contributed by atoms with Crippen LogP contribution in [0.5, 0.6) is 0 Å². The number of carbonyl (C=O) groups is 2. The van der Waals surface area contributed by atoms with E-state index in [0.717, 1.165) is 24.2 Å². The topological polar surface area (TPSA) is 144 Å². The average molecular weight is 429 g/mol. The summed E-state index contributed by atoms with van der Waals surface area (Å²) in [6.45, 7) is 0. The molecule has 15 heteroatoms. The van der Waals surface area contributed by atoms with E-state index >= 15 is 0 Å². The van der Waals surface area contributed by atoms with E-state index in [-0.39, 0.29) is 5.54 Å². The molecule has 160 valence electrons. The van der Waals surface area contributed by atoms with E-state index < -0.39 is 24.3 Å². The van der Waals surface area contributed by atoms with Crippen molar-refractivity contribution >= 4 is 11.9 Å². The molecule has 1 saturated carbocycles. The normalized spacial score (nSPS) is 14.6. The molecular formula is C14H13F6N5O4. The van der Waals surface area contributed by atoms with Gasteiger partial charge in [0.1, 0.15) is 12.7 Å². The molecule has 2 aromatic heterocycles. The number of aromatic nitrogens is 4. The number of hydrogen-bond acceptors (Lipinski definition) is 6. The van der Waals surface area contributed by atoms with Gasteiger partial charge in [0.15, 0.2) is 0 Å². The molecule has 0 aliphatic heterocycles. The molecule has 0 aromatic carbocycles. The van der Waals surface area contributed by atoms with Crippen molar-refractivity contribution in [1.82, 2.24) is 19.7 Å². The number of nitrogens with zero attached hydrogens (tertiary/aromatic N) is 4. The molecule has 9 nitrogen and oxygen atoms in total. The Morgan fingerprint density at radius 1 is 1.03 bits per heavy atom. The third-order valence-corrected chi connectivity index (χ3v) is 3.21. The van der Waals surface area contributed by atoms with Crippen LogP contribution in [0.15, 0.2) is 31.0 Å². The lowest BCUT2D eigenvalue weighted by Crippen LogP contribution is -2.21. The standard InChI is InChI=1S/C10H11N5.2C2HF3O2/c11-10(3-4-10)9-2-1-8(5-13-9)15-7-12-6-14-15;2*3-2(4,5)1(6)7/h1-2,5-7H,3-4,11H2;2*(H,6,7). The maximum atomic E-state index is 10.6. The van der Waals surface area contributed by atoms with Gasteiger partial charge in [-0.1, -0.05) is 0 Å². The monoisotopic (exact) mass is 429 g/mol. The molecule has 4 N–H and O–H groups in total. The van der Waals surface area contributed by atoms with Gasteiger partial charge in [-0.3, -0.25) is 4.98 Å². The minimum Gasteiger partial charge on any atom is -0.475 e. The Morgan fingerprint density at radius 2 is 1.52 bits per heavy atom. The van der Waals surface area contributed by atoms with Gasteiger partial charge in [0.25, 0.3) is 0 Å². The lowest BCUT2D eigenvalue weighted by atomic mass is 10.2. The Hall–Kier alpha value is -3.23. The van der Waals surface area contributed by atoms with Crippen molar-refractivity contribution in [3.05, 3.63) is 36.7 Å². The summed E-state index contributed by atoms with van der Waals surface area (Å²) in [5, 5.41) is 18.3. The zero-order valence-electron chi connectivity index (χ0n) is 14.1. The molecule has 0 unspecified atom stereocenters. The molecule has 0 saturated heterocycles. The predicted molar refractivity (Wildman–Crippen MR) is 81.6 cm³/mol. The highest BCUT2D eigenvalue weighted by Crippen LogP contribution is 2.41. The van der Waals surface area contributed by atoms with Crippen LogP contribution in [0.2, 0.25) is 0 Å². The van der Waals surface area contributed by atoms with Crippen LogP contribution in [0, 0.1) is 0 Å². The molecule has 1 fully saturated rings. The van der Waals surface area contributed by atoms with Gasteiger partial charge in [-0.2, -0.15) is 31.4 Å². The first-order valence-electron chi connectivity index (χ1n) is 7.37. The van der Waals surface area contributed by atoms with Crippen molar-refractivity contribution in [2.45, 2.75) is 30.7 Å². The zero-order valence-corrected chi connectivity index (χ0v) is 14.1. The molecule has 1 aliphatic carbocycles. The third-order valence-electron chi connectivity index (χ3n) is 3.21. The molecule has 0 spiro atoms. The number of pyridine rings is 1. The number of carboxylic acid groups (broad SMARTS) is 2. The minimum absolute atomic E-state index is 0.166. The first kappa shape index (κ1) is 23.8. The highest BCUT2D eigenvalue weighted by Gasteiger charge is 2.41. The number of halogens is 6. The molecule has 0 amide bonds. The van der Waals surface area contributed by atoms with Crippen molar-refractivity contribution in [2.24, 2.45) is 5.73 Å². The summed E-state index contributed by atoms with van der Waals surface area (Å²) in [7, 11) is 0. The number of nitrogens with two attached hydrogens (primary N) is 1. The van der Waals surface area contributed by atoms with E-state index in [9.17, 15) is 26.3 Å². The number of hydrogen-bond donors (Lipinski definition) is 3. The molecule has 0 atom stereocenters. The Labute approximate surface area is 157 Å². The Kier molecular flexibility index (Phi) is 7.26. The summed E-state index contributed by atoms with van der Waals surface area (Å²) in [5.41, 5.74) is 7.74. The van der Waals surface area contributed by atoms with Crippen LogP contribution < -0.4 is 5.73 Å². The smallest absolute Gasteiger partial charge is 0.475 e. The van der Waals surface area contributed by atoms with Gasteiger partial charge in [-0.15, -0.1) is 0 Å². The lowest BCUT2D eigenvalue weighted by molar-refractivity contribution is -0.193. The third kappa shape index (κ3) is 7.73. The first-order valence-corrected chi connectivity index (χ1v) is 7.37. The number of rotatable bonds is 2. The van der Waals surface area contributed by atoms with E-state index in [1.54, 1.807) is 17.2 Å². The molecular weight excluding hydrogens is 416 g/mol. The van der Waals surface area contributed by atoms with Crippen LogP contribution in [0.1, 0.15) is 18.5 Å². The Morgan fingerprint density at radius 3 is 1.79 bits per heavy atom. The summed E-state index contributed by atoms with van der Waals surface area (Å²) in [5.74, 6) is -5.51. The Bertz CT molecular complexity index is 793. The van der Waals surface area contributed by atoms with Gasteiger partial charge in [-0.05, 0) is 25.0 Å². The number of alkyl halides is 6. The summed E-state index contributed by atoms with van der Waals surface area (Å²) in [4.78, 5) is 26.0. The van der Waals surface area contributed by atoms with Crippen molar-refractivity contribution in [3.63, 3.8) is 0 Å². The first-order chi connectivity index (χ1) is 13.2. The highest BCUT2D eigenvalue weighted by molar-refractivity contribution is 5.73. The quantitative estimate of drug-likeness (QED) is 0.614. The largest absolute Gasteiger partial charge is 0.490 e. The summed E-state index contributed by atoms with van der Waals surface area (Å²) in [6, 6.07) is 3.92. The molecule has 29 heavy (non-hydrogen) atoms. The van der Waals surface area contributed by atoms with Crippen LogP contribution in [-0.4, -0.2) is 54.3 Å². The summed E-state index contributed by atoms with van der Waals surface area (Å²) >= 11 is 0. The molecule has 3 rings (SSSR count). The number of aliphatic carboxylic acids is 2. The summed E-state index contributed by atoms with van der Waals surface area (Å²) < 4.78 is 65.1. The van der Waals surface area contributed by atoms with Crippen LogP contribution in [-0.2, 0) is 15.1 Å². The molecule has 0 bridgehead atoms. The van der Waals surface area contributed by atoms with Gasteiger partial charge in [0.2, 0.25) is 0 Å². The van der Waals surface area contributed by atoms with Crippen LogP contribution in [0.4, 0.5) is 26.3 Å². The summed E-state index contributed by atoms with van der Waals surface area (Å²) in [6.07, 6.45) is -3.19. The van der Waals surface area contributed by atoms with E-state index in [1.807, 2.05) is 12.1 Å². The predicted octanol–water partition coefficient (Wildman–Crippen LogP) is 1.88. The van der Waals surface area contributed by atoms with E-state index in [0.29, 0.717) is 0 Å². The van der Waals surface area contributed by atoms with Gasteiger partial charge in [0, 0.05) is 0 Å². The fraction of sp³-hybridized carbons (Fsp3) is 0.357. The molecule has 2 aromatic rings. The fourth-order valence-corrected chi connectivity index (χ4v) is 1.55. The fourth-order valence-electron chi connectivity index (χ4n) is 1.55. The highest BCUT2D eigenvalue weighted by atomic mass is 19.4.